The van der Waals surface area contributed by atoms with Crippen molar-refractivity contribution in [3.8, 4) is 45.6 Å². The number of benzene rings is 4. The molecule has 0 radical (unpaired) electrons. The van der Waals surface area contributed by atoms with Gasteiger partial charge in [-0.2, -0.15) is 4.98 Å². The number of pyridine rings is 2. The molecule has 0 bridgehead atoms. The van der Waals surface area contributed by atoms with Crippen LogP contribution in [0, 0.1) is 6.57 Å². The van der Waals surface area contributed by atoms with E-state index in [1.165, 1.54) is 26.6 Å². The topological polar surface area (TPSA) is 289 Å². The van der Waals surface area contributed by atoms with Gasteiger partial charge < -0.3 is 37.3 Å². The summed E-state index contributed by atoms with van der Waals surface area (Å²) in [6, 6.07) is 33.4. The van der Waals surface area contributed by atoms with E-state index in [9.17, 15) is 14.4 Å². The Kier molecular flexibility index (Phi) is 14.1. The van der Waals surface area contributed by atoms with Crippen LogP contribution in [0.1, 0.15) is 47.7 Å². The van der Waals surface area contributed by atoms with Gasteiger partial charge in [0.25, 0.3) is 17.0 Å². The average Bonchev–Trinajstić information content (AvgIpc) is 3.43. The van der Waals surface area contributed by atoms with Crippen LogP contribution >= 0.6 is 0 Å². The highest BCUT2D eigenvalue weighted by Crippen LogP contribution is 2.33. The maximum absolute atomic E-state index is 14.2. The van der Waals surface area contributed by atoms with Crippen LogP contribution in [-0.2, 0) is 0 Å². The standard InChI is InChI=1S/C27H24N8O3.C27H22N8O2/c1-15(33-24-20(23(28)36)14-30-26(29)34-24)21-11-16-7-6-10-19(17-12-31-27(38-2)32-13-17)22(16)25(37)35(21)18-8-4-3-5-9-18;1-16(33-24-21(29-2)15-30-26(28)34-24)22-12-17-8-7-11-20(18-13-31-27(37-3)32-14-18)23(17)25(36)35(22)19-9-5-4-6-10-19/h3-15H,1-2H3,(H2,28,36)(H3,29,30,33,34);4-16H,1,3H3,(H3,28,30,33,34)/t15-;16-/m00/s1. The van der Waals surface area contributed by atoms with Gasteiger partial charge in [0.15, 0.2) is 0 Å². The van der Waals surface area contributed by atoms with Crippen molar-refractivity contribution >= 4 is 56.7 Å². The zero-order valence-electron chi connectivity index (χ0n) is 40.7. The monoisotopic (exact) mass is 998 g/mol. The second-order valence-electron chi connectivity index (χ2n) is 16.7. The largest absolute Gasteiger partial charge is 0.467 e. The molecule has 0 aliphatic carbocycles. The first-order chi connectivity index (χ1) is 36.4. The van der Waals surface area contributed by atoms with Crippen molar-refractivity contribution in [2.45, 2.75) is 25.9 Å². The zero-order valence-corrected chi connectivity index (χ0v) is 40.7. The fourth-order valence-corrected chi connectivity index (χ4v) is 8.51. The Morgan fingerprint density at radius 2 is 1.01 bits per heavy atom. The summed E-state index contributed by atoms with van der Waals surface area (Å²) >= 11 is 0. The number of amides is 1. The predicted molar refractivity (Wildman–Crippen MR) is 286 cm³/mol. The van der Waals surface area contributed by atoms with Crippen LogP contribution in [0.5, 0.6) is 12.0 Å². The molecule has 21 nitrogen and oxygen atoms in total. The maximum atomic E-state index is 14.2. The van der Waals surface area contributed by atoms with Gasteiger partial charge in [-0.1, -0.05) is 72.8 Å². The summed E-state index contributed by atoms with van der Waals surface area (Å²) in [7, 11) is 2.99. The van der Waals surface area contributed by atoms with E-state index in [0.717, 1.165) is 10.8 Å². The van der Waals surface area contributed by atoms with Crippen molar-refractivity contribution in [1.82, 2.24) is 49.0 Å². The van der Waals surface area contributed by atoms with Gasteiger partial charge in [-0.05, 0) is 72.1 Å². The van der Waals surface area contributed by atoms with E-state index >= 15 is 0 Å². The molecule has 75 heavy (non-hydrogen) atoms. The van der Waals surface area contributed by atoms with Crippen molar-refractivity contribution in [2.75, 3.05) is 36.3 Å². The number of hydrogen-bond donors (Lipinski definition) is 5. The van der Waals surface area contributed by atoms with Crippen molar-refractivity contribution < 1.29 is 14.3 Å². The van der Waals surface area contributed by atoms with E-state index in [2.05, 4.69) is 55.4 Å². The molecule has 10 aromatic rings. The molecular formula is C54H46N16O5. The van der Waals surface area contributed by atoms with E-state index in [1.807, 2.05) is 123 Å². The lowest BCUT2D eigenvalue weighted by molar-refractivity contribution is 0.100. The van der Waals surface area contributed by atoms with Gasteiger partial charge in [0.05, 0.1) is 49.2 Å². The fraction of sp³-hybridized carbons (Fsp3) is 0.111. The quantitative estimate of drug-likeness (QED) is 0.0693. The summed E-state index contributed by atoms with van der Waals surface area (Å²) in [5, 5.41) is 8.93. The summed E-state index contributed by atoms with van der Waals surface area (Å²) in [4.78, 5) is 76.8. The van der Waals surface area contributed by atoms with Crippen LogP contribution in [0.4, 0.5) is 29.2 Å². The number of carbonyl (C=O) groups excluding carboxylic acids is 1. The van der Waals surface area contributed by atoms with Crippen molar-refractivity contribution in [3.05, 3.63) is 195 Å². The van der Waals surface area contributed by atoms with Crippen LogP contribution in [0.15, 0.2) is 156 Å². The number of fused-ring (bicyclic) bond motifs is 2. The van der Waals surface area contributed by atoms with Gasteiger partial charge >= 0.3 is 12.0 Å². The third kappa shape index (κ3) is 10.2. The van der Waals surface area contributed by atoms with Gasteiger partial charge in [0, 0.05) is 71.1 Å². The summed E-state index contributed by atoms with van der Waals surface area (Å²) in [6.07, 6.45) is 9.16. The molecule has 21 heteroatoms. The molecule has 0 fully saturated rings. The molecule has 0 aliphatic rings. The van der Waals surface area contributed by atoms with Crippen molar-refractivity contribution in [3.63, 3.8) is 0 Å². The number of aromatic nitrogens is 10. The number of hydrogen-bond acceptors (Lipinski definition) is 17. The Balaban J connectivity index is 0.000000184. The van der Waals surface area contributed by atoms with E-state index < -0.39 is 18.0 Å². The molecule has 0 saturated heterocycles. The van der Waals surface area contributed by atoms with Gasteiger partial charge in [-0.25, -0.2) is 39.7 Å². The van der Waals surface area contributed by atoms with Crippen LogP contribution < -0.4 is 48.4 Å². The lowest BCUT2D eigenvalue weighted by Gasteiger charge is -2.22. The first kappa shape index (κ1) is 49.4. The molecule has 4 aromatic carbocycles. The normalized spacial score (nSPS) is 11.7. The summed E-state index contributed by atoms with van der Waals surface area (Å²) in [5.41, 5.74) is 22.4. The van der Waals surface area contributed by atoms with Crippen LogP contribution in [0.2, 0.25) is 0 Å². The Hall–Kier alpha value is -10.6. The number of nitrogens with one attached hydrogen (secondary N) is 2. The summed E-state index contributed by atoms with van der Waals surface area (Å²) in [6.45, 7) is 11.2. The number of nitrogen functional groups attached to an aromatic ring is 2. The average molecular weight is 999 g/mol. The molecule has 6 heterocycles. The van der Waals surface area contributed by atoms with Crippen LogP contribution in [0.25, 0.3) is 60.0 Å². The number of nitrogens with two attached hydrogens (primary N) is 3. The molecule has 372 valence electrons. The highest BCUT2D eigenvalue weighted by Gasteiger charge is 2.23. The van der Waals surface area contributed by atoms with E-state index in [1.54, 1.807) is 33.9 Å². The first-order valence-electron chi connectivity index (χ1n) is 23.0. The molecule has 0 aliphatic heterocycles. The highest BCUT2D eigenvalue weighted by atomic mass is 16.5. The van der Waals surface area contributed by atoms with Crippen molar-refractivity contribution in [2.24, 2.45) is 5.73 Å². The number of anilines is 4. The number of carbonyl (C=O) groups is 1. The van der Waals surface area contributed by atoms with Gasteiger partial charge in [0.2, 0.25) is 17.6 Å². The summed E-state index contributed by atoms with van der Waals surface area (Å²) < 4.78 is 13.4. The first-order valence-corrected chi connectivity index (χ1v) is 23.0. The van der Waals surface area contributed by atoms with E-state index in [4.69, 9.17) is 33.2 Å². The molecule has 2 atom stereocenters. The lowest BCUT2D eigenvalue weighted by atomic mass is 9.99. The van der Waals surface area contributed by atoms with Crippen LogP contribution in [-0.4, -0.2) is 69.1 Å². The Morgan fingerprint density at radius 3 is 1.44 bits per heavy atom. The minimum absolute atomic E-state index is 0.0185. The van der Waals surface area contributed by atoms with Gasteiger partial charge in [-0.15, -0.1) is 0 Å². The predicted octanol–water partition coefficient (Wildman–Crippen LogP) is 7.65. The van der Waals surface area contributed by atoms with Gasteiger partial charge in [-0.3, -0.25) is 23.5 Å². The molecule has 0 unspecified atom stereocenters. The van der Waals surface area contributed by atoms with E-state index in [0.29, 0.717) is 61.6 Å². The summed E-state index contributed by atoms with van der Waals surface area (Å²) in [5.74, 6) is -0.201. The smallest absolute Gasteiger partial charge is 0.316 e. The number of ether oxygens (including phenoxy) is 2. The van der Waals surface area contributed by atoms with E-state index in [-0.39, 0.29) is 52.1 Å². The molecule has 6 aromatic heterocycles. The van der Waals surface area contributed by atoms with Gasteiger partial charge in [0.1, 0.15) is 11.6 Å². The Labute approximate surface area is 427 Å². The third-order valence-electron chi connectivity index (χ3n) is 12.0. The Morgan fingerprint density at radius 1 is 0.587 bits per heavy atom. The fourth-order valence-electron chi connectivity index (χ4n) is 8.51. The molecule has 1 amide bonds. The SMILES string of the molecule is COc1ncc(-c2cccc3cc([C@H](C)Nc4nc(N)ncc4C(N)=O)n(-c4ccccc4)c(=O)c23)cn1.[C-]#[N+]c1cnc(N)nc1N[C@@H](C)c1cc2cccc(-c3cnc(OC)nc3)c2c(=O)n1-c1ccccc1. The number of methoxy groups -OCH3 is 2. The lowest BCUT2D eigenvalue weighted by Crippen LogP contribution is -2.27. The Bertz CT molecular complexity index is 3910. The second-order valence-corrected chi connectivity index (χ2v) is 16.7. The second kappa shape index (κ2) is 21.4. The number of para-hydroxylation sites is 2. The molecule has 8 N–H and O–H groups in total. The van der Waals surface area contributed by atoms with Crippen LogP contribution in [0.3, 0.4) is 0 Å². The minimum atomic E-state index is -0.704. The molecule has 10 rings (SSSR count). The number of nitrogens with zero attached hydrogens (tertiary/aromatic N) is 11. The third-order valence-corrected chi connectivity index (χ3v) is 12.0. The number of rotatable bonds is 13. The number of primary amides is 1. The maximum Gasteiger partial charge on any atom is 0.316 e. The minimum Gasteiger partial charge on any atom is -0.467 e. The molecule has 0 saturated carbocycles. The molecular weight excluding hydrogens is 953 g/mol. The highest BCUT2D eigenvalue weighted by molar-refractivity contribution is 5.98. The van der Waals surface area contributed by atoms with Crippen molar-refractivity contribution in [1.29, 1.82) is 0 Å². The zero-order chi connectivity index (χ0) is 52.8. The molecule has 0 spiro atoms.